The first-order chi connectivity index (χ1) is 10.2. The maximum Gasteiger partial charge on any atom is 0.246 e. The topological polar surface area (TPSA) is 32.8 Å². The number of methoxy groups -OCH3 is 1. The van der Waals surface area contributed by atoms with Crippen LogP contribution in [0.4, 0.5) is 5.69 Å². The molecule has 1 aromatic carbocycles. The fourth-order valence-corrected chi connectivity index (χ4v) is 2.35. The second-order valence-corrected chi connectivity index (χ2v) is 4.90. The largest absolute Gasteiger partial charge is 0.497 e. The second-order valence-electron chi connectivity index (χ2n) is 4.90. The summed E-state index contributed by atoms with van der Waals surface area (Å²) >= 11 is 0. The number of nitrogens with zero attached hydrogens (tertiary/aromatic N) is 2. The Kier molecular flexibility index (Phi) is 5.43. The maximum atomic E-state index is 12.0. The number of amides is 1. The van der Waals surface area contributed by atoms with Crippen LogP contribution in [0.25, 0.3) is 0 Å². The third-order valence-corrected chi connectivity index (χ3v) is 3.55. The van der Waals surface area contributed by atoms with Gasteiger partial charge in [0.15, 0.2) is 0 Å². The van der Waals surface area contributed by atoms with Crippen molar-refractivity contribution < 1.29 is 9.53 Å². The summed E-state index contributed by atoms with van der Waals surface area (Å²) in [6, 6.07) is 8.04. The van der Waals surface area contributed by atoms with Gasteiger partial charge in [0.2, 0.25) is 5.91 Å². The molecule has 21 heavy (non-hydrogen) atoms. The van der Waals surface area contributed by atoms with Crippen molar-refractivity contribution in [1.29, 1.82) is 0 Å². The maximum absolute atomic E-state index is 12.0. The van der Waals surface area contributed by atoms with Gasteiger partial charge in [-0.3, -0.25) is 4.79 Å². The van der Waals surface area contributed by atoms with Crippen molar-refractivity contribution in [3.63, 3.8) is 0 Å². The number of benzene rings is 1. The Morgan fingerprint density at radius 2 is 1.95 bits per heavy atom. The number of allylic oxidation sites excluding steroid dienone is 3. The van der Waals surface area contributed by atoms with E-state index in [0.29, 0.717) is 0 Å². The molecule has 0 aliphatic carbocycles. The van der Waals surface area contributed by atoms with Crippen LogP contribution in [-0.2, 0) is 4.79 Å². The number of ether oxygens (including phenoxy) is 1. The highest BCUT2D eigenvalue weighted by Crippen LogP contribution is 2.22. The minimum atomic E-state index is 0.0818. The molecule has 0 N–H and O–H groups in total. The molecule has 0 radical (unpaired) electrons. The Morgan fingerprint density at radius 1 is 1.19 bits per heavy atom. The highest BCUT2D eigenvalue weighted by Gasteiger charge is 2.19. The molecular weight excluding hydrogens is 264 g/mol. The second kappa shape index (κ2) is 7.53. The number of rotatable bonds is 4. The van der Waals surface area contributed by atoms with Gasteiger partial charge in [0.1, 0.15) is 5.75 Å². The van der Waals surface area contributed by atoms with E-state index in [1.165, 1.54) is 0 Å². The molecule has 0 aromatic heterocycles. The Hall–Kier alpha value is -2.23. The van der Waals surface area contributed by atoms with Gasteiger partial charge in [-0.1, -0.05) is 24.3 Å². The molecule has 0 spiro atoms. The van der Waals surface area contributed by atoms with E-state index < -0.39 is 0 Å². The van der Waals surface area contributed by atoms with Crippen LogP contribution < -0.4 is 9.64 Å². The van der Waals surface area contributed by atoms with Gasteiger partial charge in [0.25, 0.3) is 0 Å². The summed E-state index contributed by atoms with van der Waals surface area (Å²) in [5, 5.41) is 0. The van der Waals surface area contributed by atoms with Crippen LogP contribution in [-0.4, -0.2) is 44.1 Å². The van der Waals surface area contributed by atoms with Crippen LogP contribution in [0.15, 0.2) is 48.6 Å². The molecule has 1 aromatic rings. The zero-order valence-corrected chi connectivity index (χ0v) is 12.7. The Morgan fingerprint density at radius 3 is 2.62 bits per heavy atom. The summed E-state index contributed by atoms with van der Waals surface area (Å²) in [7, 11) is 1.67. The highest BCUT2D eigenvalue weighted by atomic mass is 16.5. The molecule has 1 fully saturated rings. The lowest BCUT2D eigenvalue weighted by atomic mass is 10.2. The highest BCUT2D eigenvalue weighted by molar-refractivity contribution is 5.88. The van der Waals surface area contributed by atoms with E-state index in [1.54, 1.807) is 19.3 Å². The molecule has 4 nitrogen and oxygen atoms in total. The van der Waals surface area contributed by atoms with Crippen LogP contribution in [0.3, 0.4) is 0 Å². The lowest BCUT2D eigenvalue weighted by Crippen LogP contribution is -2.48. The van der Waals surface area contributed by atoms with E-state index in [9.17, 15) is 4.79 Å². The van der Waals surface area contributed by atoms with Crippen LogP contribution in [0.5, 0.6) is 5.75 Å². The molecule has 2 rings (SSSR count). The number of hydrogen-bond acceptors (Lipinski definition) is 3. The summed E-state index contributed by atoms with van der Waals surface area (Å²) in [4.78, 5) is 16.1. The number of carbonyl (C=O) groups excluding carboxylic acids is 1. The quantitative estimate of drug-likeness (QED) is 0.630. The standard InChI is InChI=1S/C17H22N2O2/c1-3-4-5-9-17(20)19-12-10-18(11-13-19)15-7-6-8-16(14-15)21-2/h3-9,14H,10-13H2,1-2H3/b4-3+,9-5+. The fraction of sp³-hybridized carbons (Fsp3) is 0.353. The summed E-state index contributed by atoms with van der Waals surface area (Å²) in [5.74, 6) is 0.943. The van der Waals surface area contributed by atoms with Gasteiger partial charge in [-0.15, -0.1) is 0 Å². The Labute approximate surface area is 126 Å². The average molecular weight is 286 g/mol. The van der Waals surface area contributed by atoms with Gasteiger partial charge in [0.05, 0.1) is 7.11 Å². The molecule has 112 valence electrons. The summed E-state index contributed by atoms with van der Waals surface area (Å²) in [6.45, 7) is 5.11. The molecule has 4 heteroatoms. The molecule has 1 amide bonds. The summed E-state index contributed by atoms with van der Waals surface area (Å²) < 4.78 is 5.25. The first-order valence-corrected chi connectivity index (χ1v) is 7.22. The van der Waals surface area contributed by atoms with Crippen molar-refractivity contribution in [1.82, 2.24) is 4.90 Å². The lowest BCUT2D eigenvalue weighted by molar-refractivity contribution is -0.126. The van der Waals surface area contributed by atoms with Crippen LogP contribution in [0, 0.1) is 0 Å². The fourth-order valence-electron chi connectivity index (χ4n) is 2.35. The van der Waals surface area contributed by atoms with Crippen molar-refractivity contribution >= 4 is 11.6 Å². The molecule has 1 aliphatic rings. The monoisotopic (exact) mass is 286 g/mol. The molecule has 1 aliphatic heterocycles. The van der Waals surface area contributed by atoms with Crippen molar-refractivity contribution in [2.24, 2.45) is 0 Å². The zero-order valence-electron chi connectivity index (χ0n) is 12.7. The number of anilines is 1. The molecule has 0 atom stereocenters. The van der Waals surface area contributed by atoms with Gasteiger partial charge in [-0.25, -0.2) is 0 Å². The van der Waals surface area contributed by atoms with Crippen LogP contribution >= 0.6 is 0 Å². The number of carbonyl (C=O) groups is 1. The average Bonchev–Trinajstić information content (AvgIpc) is 2.55. The zero-order chi connectivity index (χ0) is 15.1. The molecule has 1 saturated heterocycles. The first-order valence-electron chi connectivity index (χ1n) is 7.22. The van der Waals surface area contributed by atoms with E-state index in [2.05, 4.69) is 11.0 Å². The minimum absolute atomic E-state index is 0.0818. The summed E-state index contributed by atoms with van der Waals surface area (Å²) in [6.07, 6.45) is 7.19. The van der Waals surface area contributed by atoms with Gasteiger partial charge < -0.3 is 14.5 Å². The number of piperazine rings is 1. The molecule has 0 unspecified atom stereocenters. The normalized spacial score (nSPS) is 15.9. The Bertz CT molecular complexity index is 529. The van der Waals surface area contributed by atoms with Gasteiger partial charge >= 0.3 is 0 Å². The Balaban J connectivity index is 1.92. The van der Waals surface area contributed by atoms with Gasteiger partial charge in [-0.05, 0) is 19.1 Å². The summed E-state index contributed by atoms with van der Waals surface area (Å²) in [5.41, 5.74) is 1.14. The molecular formula is C17H22N2O2. The van der Waals surface area contributed by atoms with Crippen molar-refractivity contribution in [3.05, 3.63) is 48.6 Å². The van der Waals surface area contributed by atoms with Crippen molar-refractivity contribution in [2.75, 3.05) is 38.2 Å². The third kappa shape index (κ3) is 4.12. The van der Waals surface area contributed by atoms with Crippen LogP contribution in [0.2, 0.25) is 0 Å². The van der Waals surface area contributed by atoms with Crippen molar-refractivity contribution in [2.45, 2.75) is 6.92 Å². The third-order valence-electron chi connectivity index (χ3n) is 3.55. The predicted molar refractivity (Wildman–Crippen MR) is 85.7 cm³/mol. The van der Waals surface area contributed by atoms with Crippen LogP contribution in [0.1, 0.15) is 6.92 Å². The van der Waals surface area contributed by atoms with E-state index in [0.717, 1.165) is 37.6 Å². The molecule has 0 bridgehead atoms. The molecule has 1 heterocycles. The first kappa shape index (κ1) is 15.2. The van der Waals surface area contributed by atoms with E-state index in [4.69, 9.17) is 4.74 Å². The van der Waals surface area contributed by atoms with E-state index >= 15 is 0 Å². The van der Waals surface area contributed by atoms with E-state index in [1.807, 2.05) is 42.2 Å². The smallest absolute Gasteiger partial charge is 0.246 e. The SMILES string of the molecule is C/C=C/C=C/C(=O)N1CCN(c2cccc(OC)c2)CC1. The van der Waals surface area contributed by atoms with Crippen molar-refractivity contribution in [3.8, 4) is 5.75 Å². The molecule has 0 saturated carbocycles. The van der Waals surface area contributed by atoms with Gasteiger partial charge in [0, 0.05) is 44.0 Å². The van der Waals surface area contributed by atoms with Gasteiger partial charge in [-0.2, -0.15) is 0 Å². The minimum Gasteiger partial charge on any atom is -0.497 e. The number of hydrogen-bond donors (Lipinski definition) is 0. The lowest BCUT2D eigenvalue weighted by Gasteiger charge is -2.35. The van der Waals surface area contributed by atoms with E-state index in [-0.39, 0.29) is 5.91 Å². The predicted octanol–water partition coefficient (Wildman–Crippen LogP) is 2.48.